The van der Waals surface area contributed by atoms with Crippen LogP contribution in [0.2, 0.25) is 0 Å². The molecule has 10 aliphatic rings. The molecule has 0 spiro atoms. The summed E-state index contributed by atoms with van der Waals surface area (Å²) < 4.78 is 0. The average molecular weight is 732 g/mol. The summed E-state index contributed by atoms with van der Waals surface area (Å²) >= 11 is 0. The molecule has 0 aromatic rings. The van der Waals surface area contributed by atoms with Gasteiger partial charge >= 0.3 is 0 Å². The van der Waals surface area contributed by atoms with Crippen LogP contribution in [0.4, 0.5) is 0 Å². The van der Waals surface area contributed by atoms with Gasteiger partial charge in [-0.05, 0) is 243 Å². The molecule has 1 N–H and O–H groups in total. The highest BCUT2D eigenvalue weighted by molar-refractivity contribution is 5.19. The number of hydrogen-bond donors (Lipinski definition) is 1. The third-order valence-corrected chi connectivity index (χ3v) is 19.0. The number of likely N-dealkylation sites (tertiary alicyclic amines) is 6. The Hall–Kier alpha value is -0.280. The molecule has 4 aliphatic carbocycles. The molecule has 0 radical (unpaired) electrons. The van der Waals surface area contributed by atoms with Crippen molar-refractivity contribution in [3.8, 4) is 0 Å². The average Bonchev–Trinajstić information content (AvgIpc) is 4.01. The van der Waals surface area contributed by atoms with E-state index < -0.39 is 0 Å². The Labute approximate surface area is 325 Å². The van der Waals surface area contributed by atoms with Gasteiger partial charge in [-0.2, -0.15) is 0 Å². The van der Waals surface area contributed by atoms with E-state index >= 15 is 0 Å². The first-order valence-electron chi connectivity index (χ1n) is 24.2. The zero-order valence-electron chi connectivity index (χ0n) is 34.4. The maximum atomic E-state index is 3.74. The predicted octanol–water partition coefficient (Wildman–Crippen LogP) is 6.53. The van der Waals surface area contributed by atoms with Crippen molar-refractivity contribution in [3.63, 3.8) is 0 Å². The summed E-state index contributed by atoms with van der Waals surface area (Å²) in [6.45, 7) is 21.9. The second kappa shape index (κ2) is 15.5. The molecule has 10 rings (SSSR count). The number of nitrogens with one attached hydrogen (secondary N) is 1. The predicted molar refractivity (Wildman–Crippen MR) is 218 cm³/mol. The summed E-state index contributed by atoms with van der Waals surface area (Å²) in [7, 11) is 0. The first-order chi connectivity index (χ1) is 26.0. The highest BCUT2D eigenvalue weighted by Gasteiger charge is 2.62. The molecule has 4 bridgehead atoms. The lowest BCUT2D eigenvalue weighted by atomic mass is 9.88. The van der Waals surface area contributed by atoms with Crippen LogP contribution in [0.1, 0.15) is 141 Å². The Morgan fingerprint density at radius 1 is 0.377 bits per heavy atom. The highest BCUT2D eigenvalue weighted by Crippen LogP contribution is 2.60. The van der Waals surface area contributed by atoms with E-state index in [2.05, 4.69) is 34.7 Å². The topological polar surface area (TPSA) is 31.5 Å². The number of rotatable bonds is 16. The highest BCUT2D eigenvalue weighted by atomic mass is 15.3. The zero-order chi connectivity index (χ0) is 35.4. The first-order valence-corrected chi connectivity index (χ1v) is 24.2. The zero-order valence-corrected chi connectivity index (χ0v) is 34.4. The summed E-state index contributed by atoms with van der Waals surface area (Å²) in [6, 6.07) is 0. The molecule has 4 atom stereocenters. The largest absolute Gasteiger partial charge is 0.317 e. The quantitative estimate of drug-likeness (QED) is 0.181. The minimum Gasteiger partial charge on any atom is -0.317 e. The van der Waals surface area contributed by atoms with Crippen LogP contribution in [-0.4, -0.2) is 156 Å². The fourth-order valence-corrected chi connectivity index (χ4v) is 15.8. The molecule has 0 aromatic heterocycles. The molecule has 6 saturated heterocycles. The summed E-state index contributed by atoms with van der Waals surface area (Å²) in [5.41, 5.74) is 2.30. The Bertz CT molecular complexity index is 1210. The second-order valence-corrected chi connectivity index (χ2v) is 21.5. The molecule has 7 nitrogen and oxygen atoms in total. The van der Waals surface area contributed by atoms with Gasteiger partial charge in [0.05, 0.1) is 0 Å². The van der Waals surface area contributed by atoms with Gasteiger partial charge in [-0.3, -0.25) is 19.6 Å². The Morgan fingerprint density at radius 2 is 0.774 bits per heavy atom. The molecule has 0 aromatic carbocycles. The van der Waals surface area contributed by atoms with Crippen LogP contribution in [0.3, 0.4) is 0 Å². The van der Waals surface area contributed by atoms with Crippen LogP contribution in [0.25, 0.3) is 0 Å². The number of fused-ring (bicyclic) bond motifs is 4. The molecule has 4 saturated carbocycles. The minimum absolute atomic E-state index is 0.558. The molecule has 0 amide bonds. The van der Waals surface area contributed by atoms with Crippen molar-refractivity contribution in [1.29, 1.82) is 0 Å². The van der Waals surface area contributed by atoms with E-state index in [9.17, 15) is 0 Å². The Balaban J connectivity index is 0.637. The van der Waals surface area contributed by atoms with Gasteiger partial charge in [-0.15, -0.1) is 0 Å². The molecule has 6 heterocycles. The second-order valence-electron chi connectivity index (χ2n) is 21.5. The smallest absolute Gasteiger partial charge is 0.0228 e. The number of hydrogen-bond acceptors (Lipinski definition) is 7. The summed E-state index contributed by atoms with van der Waals surface area (Å²) in [5, 5.41) is 3.74. The van der Waals surface area contributed by atoms with Crippen molar-refractivity contribution in [2.24, 2.45) is 23.7 Å². The van der Waals surface area contributed by atoms with Gasteiger partial charge in [-0.1, -0.05) is 0 Å². The van der Waals surface area contributed by atoms with E-state index in [0.717, 1.165) is 23.7 Å². The monoisotopic (exact) mass is 732 g/mol. The minimum atomic E-state index is 0.558. The molecule has 300 valence electrons. The van der Waals surface area contributed by atoms with E-state index in [1.165, 1.54) is 246 Å². The molecule has 10 fully saturated rings. The van der Waals surface area contributed by atoms with Gasteiger partial charge in [0.1, 0.15) is 0 Å². The van der Waals surface area contributed by atoms with Gasteiger partial charge in [0.15, 0.2) is 0 Å². The van der Waals surface area contributed by atoms with E-state index in [1.807, 2.05) is 0 Å². The van der Waals surface area contributed by atoms with E-state index in [1.54, 1.807) is 0 Å². The first kappa shape index (κ1) is 37.0. The summed E-state index contributed by atoms with van der Waals surface area (Å²) in [5.74, 6) is 3.88. The number of nitrogens with zero attached hydrogens (tertiary/aromatic N) is 6. The molecular formula is C46H81N7. The van der Waals surface area contributed by atoms with Gasteiger partial charge < -0.3 is 15.1 Å². The van der Waals surface area contributed by atoms with Crippen LogP contribution in [0.15, 0.2) is 0 Å². The van der Waals surface area contributed by atoms with Crippen molar-refractivity contribution in [1.82, 2.24) is 34.7 Å². The lowest BCUT2D eigenvalue weighted by Gasteiger charge is -2.38. The van der Waals surface area contributed by atoms with Gasteiger partial charge in [0, 0.05) is 48.3 Å². The van der Waals surface area contributed by atoms with Gasteiger partial charge in [0.2, 0.25) is 0 Å². The van der Waals surface area contributed by atoms with Crippen LogP contribution in [0.5, 0.6) is 0 Å². The third-order valence-electron chi connectivity index (χ3n) is 19.0. The fourth-order valence-electron chi connectivity index (χ4n) is 15.8. The van der Waals surface area contributed by atoms with Crippen molar-refractivity contribution < 1.29 is 0 Å². The van der Waals surface area contributed by atoms with Crippen molar-refractivity contribution in [2.45, 2.75) is 163 Å². The SMILES string of the molecule is C(CCN1CCCC1)CNCCCCN1CCC(C2CCN(C34CCC(N5CCC(C6CCN(C78CCC(N9CCCC9)(CC7)C8)C6)C5)(CC3)C4)C2)C1. The van der Waals surface area contributed by atoms with E-state index in [-0.39, 0.29) is 0 Å². The molecular weight excluding hydrogens is 651 g/mol. The van der Waals surface area contributed by atoms with Crippen LogP contribution >= 0.6 is 0 Å². The fraction of sp³-hybridized carbons (Fsp3) is 1.00. The molecule has 53 heavy (non-hydrogen) atoms. The van der Waals surface area contributed by atoms with E-state index in [4.69, 9.17) is 0 Å². The Morgan fingerprint density at radius 3 is 1.26 bits per heavy atom. The summed E-state index contributed by atoms with van der Waals surface area (Å²) in [6.07, 6.45) is 32.2. The standard InChI is InChI=1S/C46H81N7/c1(3-23-48-24-5-6-25-48)21-47-22-2-4-26-49-29-9-39(33-49)40-10-30-51(34-40)45-17-19-46(38-45,20-18-45)53-32-12-42(36-53)41-11-31-52(35-41)44-15-13-43(37-44,14-16-44)50-27-7-8-28-50/h39-42,47H,1-38H2. The van der Waals surface area contributed by atoms with Gasteiger partial charge in [0.25, 0.3) is 0 Å². The normalized spacial score (nSPS) is 44.4. The van der Waals surface area contributed by atoms with Crippen molar-refractivity contribution >= 4 is 0 Å². The number of unbranched alkanes of at least 4 members (excludes halogenated alkanes) is 2. The van der Waals surface area contributed by atoms with Crippen LogP contribution in [-0.2, 0) is 0 Å². The maximum absolute atomic E-state index is 3.74. The molecule has 7 heteroatoms. The van der Waals surface area contributed by atoms with Crippen LogP contribution < -0.4 is 5.32 Å². The molecule has 4 unspecified atom stereocenters. The Kier molecular flexibility index (Phi) is 10.8. The van der Waals surface area contributed by atoms with Crippen molar-refractivity contribution in [3.05, 3.63) is 0 Å². The molecule has 6 aliphatic heterocycles. The maximum Gasteiger partial charge on any atom is 0.0228 e. The van der Waals surface area contributed by atoms with E-state index in [0.29, 0.717) is 22.2 Å². The van der Waals surface area contributed by atoms with Gasteiger partial charge in [-0.25, -0.2) is 0 Å². The third kappa shape index (κ3) is 7.15. The van der Waals surface area contributed by atoms with Crippen molar-refractivity contribution in [2.75, 3.05) is 105 Å². The lowest BCUT2D eigenvalue weighted by Crippen LogP contribution is -2.46. The summed E-state index contributed by atoms with van der Waals surface area (Å²) in [4.78, 5) is 17.8. The van der Waals surface area contributed by atoms with Crippen LogP contribution in [0, 0.1) is 23.7 Å². The lowest BCUT2D eigenvalue weighted by molar-refractivity contribution is 0.104.